The number of anilines is 1. The molecule has 0 saturated carbocycles. The first-order valence-electron chi connectivity index (χ1n) is 9.10. The Kier molecular flexibility index (Phi) is 6.13. The maximum absolute atomic E-state index is 13.1. The highest BCUT2D eigenvalue weighted by Crippen LogP contribution is 2.32. The second kappa shape index (κ2) is 8.55. The number of carbonyl (C=O) groups excluding carboxylic acids is 1. The van der Waals surface area contributed by atoms with E-state index >= 15 is 0 Å². The SMILES string of the molecule is O=C(Cc1cc(N2CCCCCC2)nc(-c2cccc(C(F)(F)F)c2)n1)NO. The van der Waals surface area contributed by atoms with Crippen LogP contribution >= 0.6 is 0 Å². The van der Waals surface area contributed by atoms with Crippen LogP contribution in [0.15, 0.2) is 30.3 Å². The largest absolute Gasteiger partial charge is 0.416 e. The zero-order chi connectivity index (χ0) is 20.1. The van der Waals surface area contributed by atoms with E-state index in [0.717, 1.165) is 50.9 Å². The summed E-state index contributed by atoms with van der Waals surface area (Å²) in [5, 5.41) is 8.79. The highest BCUT2D eigenvalue weighted by atomic mass is 19.4. The summed E-state index contributed by atoms with van der Waals surface area (Å²) in [6.45, 7) is 1.56. The molecule has 0 radical (unpaired) electrons. The molecule has 0 unspecified atom stereocenters. The molecule has 150 valence electrons. The van der Waals surface area contributed by atoms with Gasteiger partial charge in [-0.3, -0.25) is 10.0 Å². The number of hydrogen-bond donors (Lipinski definition) is 2. The molecule has 1 aromatic carbocycles. The van der Waals surface area contributed by atoms with Crippen LogP contribution < -0.4 is 10.4 Å². The van der Waals surface area contributed by atoms with E-state index < -0.39 is 17.6 Å². The first-order valence-corrected chi connectivity index (χ1v) is 9.10. The van der Waals surface area contributed by atoms with Gasteiger partial charge in [-0.05, 0) is 25.0 Å². The van der Waals surface area contributed by atoms with Crippen molar-refractivity contribution >= 4 is 11.7 Å². The number of nitrogens with zero attached hydrogens (tertiary/aromatic N) is 3. The number of aromatic nitrogens is 2. The highest BCUT2D eigenvalue weighted by molar-refractivity contribution is 5.77. The molecule has 9 heteroatoms. The van der Waals surface area contributed by atoms with Crippen LogP contribution in [0.2, 0.25) is 0 Å². The minimum absolute atomic E-state index is 0.119. The van der Waals surface area contributed by atoms with E-state index in [-0.39, 0.29) is 17.8 Å². The number of nitrogens with one attached hydrogen (secondary N) is 1. The lowest BCUT2D eigenvalue weighted by Gasteiger charge is -2.22. The molecule has 0 spiro atoms. The molecular weight excluding hydrogens is 373 g/mol. The van der Waals surface area contributed by atoms with Crippen molar-refractivity contribution < 1.29 is 23.2 Å². The van der Waals surface area contributed by atoms with Crippen LogP contribution in [0.1, 0.15) is 36.9 Å². The minimum Gasteiger partial charge on any atom is -0.356 e. The van der Waals surface area contributed by atoms with Gasteiger partial charge in [0.1, 0.15) is 5.82 Å². The van der Waals surface area contributed by atoms with Crippen molar-refractivity contribution in [2.75, 3.05) is 18.0 Å². The van der Waals surface area contributed by atoms with Crippen molar-refractivity contribution in [3.05, 3.63) is 41.6 Å². The lowest BCUT2D eigenvalue weighted by atomic mass is 10.1. The number of hydrogen-bond acceptors (Lipinski definition) is 5. The van der Waals surface area contributed by atoms with Gasteiger partial charge < -0.3 is 4.90 Å². The van der Waals surface area contributed by atoms with E-state index in [1.165, 1.54) is 12.1 Å². The topological polar surface area (TPSA) is 78.4 Å². The summed E-state index contributed by atoms with van der Waals surface area (Å²) in [6.07, 6.45) is -0.460. The molecule has 1 aromatic heterocycles. The van der Waals surface area contributed by atoms with Gasteiger partial charge in [-0.2, -0.15) is 13.2 Å². The van der Waals surface area contributed by atoms with Gasteiger partial charge in [0.15, 0.2) is 5.82 Å². The van der Waals surface area contributed by atoms with E-state index in [1.54, 1.807) is 11.5 Å². The molecule has 2 aromatic rings. The molecule has 1 aliphatic heterocycles. The second-order valence-corrected chi connectivity index (χ2v) is 6.73. The maximum atomic E-state index is 13.1. The molecule has 0 aliphatic carbocycles. The Morgan fingerprint density at radius 1 is 1.11 bits per heavy atom. The molecule has 1 fully saturated rings. The molecule has 0 bridgehead atoms. The van der Waals surface area contributed by atoms with Gasteiger partial charge in [-0.1, -0.05) is 25.0 Å². The molecule has 2 heterocycles. The number of hydroxylamine groups is 1. The van der Waals surface area contributed by atoms with Crippen LogP contribution in [0.4, 0.5) is 19.0 Å². The summed E-state index contributed by atoms with van der Waals surface area (Å²) in [6, 6.07) is 6.45. The van der Waals surface area contributed by atoms with Gasteiger partial charge in [-0.15, -0.1) is 0 Å². The average Bonchev–Trinajstić information content (AvgIpc) is 2.96. The Balaban J connectivity index is 2.03. The fourth-order valence-electron chi connectivity index (χ4n) is 3.20. The fourth-order valence-corrected chi connectivity index (χ4v) is 3.20. The van der Waals surface area contributed by atoms with Crippen LogP contribution in [-0.4, -0.2) is 34.2 Å². The van der Waals surface area contributed by atoms with Crippen molar-refractivity contribution in [1.29, 1.82) is 0 Å². The highest BCUT2D eigenvalue weighted by Gasteiger charge is 2.30. The summed E-state index contributed by atoms with van der Waals surface area (Å²) in [7, 11) is 0. The van der Waals surface area contributed by atoms with Crippen molar-refractivity contribution in [2.24, 2.45) is 0 Å². The number of amides is 1. The fraction of sp³-hybridized carbons (Fsp3) is 0.421. The molecular formula is C19H21F3N4O2. The third-order valence-electron chi connectivity index (χ3n) is 4.61. The Labute approximate surface area is 160 Å². The van der Waals surface area contributed by atoms with Gasteiger partial charge in [0, 0.05) is 24.7 Å². The maximum Gasteiger partial charge on any atom is 0.416 e. The molecule has 3 rings (SSSR count). The number of halogens is 3. The first-order chi connectivity index (χ1) is 13.4. The molecule has 28 heavy (non-hydrogen) atoms. The average molecular weight is 394 g/mol. The number of benzene rings is 1. The van der Waals surface area contributed by atoms with Crippen LogP contribution in [0.25, 0.3) is 11.4 Å². The number of alkyl halides is 3. The van der Waals surface area contributed by atoms with Gasteiger partial charge in [0.2, 0.25) is 5.91 Å². The van der Waals surface area contributed by atoms with E-state index in [2.05, 4.69) is 14.9 Å². The lowest BCUT2D eigenvalue weighted by molar-refractivity contribution is -0.137. The van der Waals surface area contributed by atoms with Crippen LogP contribution in [0.3, 0.4) is 0 Å². The Morgan fingerprint density at radius 2 is 1.82 bits per heavy atom. The molecule has 1 aliphatic rings. The smallest absolute Gasteiger partial charge is 0.356 e. The zero-order valence-corrected chi connectivity index (χ0v) is 15.2. The summed E-state index contributed by atoms with van der Waals surface area (Å²) >= 11 is 0. The lowest BCUT2D eigenvalue weighted by Crippen LogP contribution is -2.26. The molecule has 2 N–H and O–H groups in total. The van der Waals surface area contributed by atoms with E-state index in [0.29, 0.717) is 11.5 Å². The van der Waals surface area contributed by atoms with Crippen molar-refractivity contribution in [3.63, 3.8) is 0 Å². The molecule has 1 saturated heterocycles. The van der Waals surface area contributed by atoms with E-state index in [4.69, 9.17) is 5.21 Å². The number of carbonyl (C=O) groups is 1. The van der Waals surface area contributed by atoms with Crippen molar-refractivity contribution in [1.82, 2.24) is 15.4 Å². The first kappa shape index (κ1) is 20.1. The molecule has 6 nitrogen and oxygen atoms in total. The quantitative estimate of drug-likeness (QED) is 0.612. The van der Waals surface area contributed by atoms with Gasteiger partial charge in [0.05, 0.1) is 17.7 Å². The van der Waals surface area contributed by atoms with Gasteiger partial charge in [-0.25, -0.2) is 15.4 Å². The summed E-state index contributed by atoms with van der Waals surface area (Å²) < 4.78 is 39.2. The van der Waals surface area contributed by atoms with Crippen LogP contribution in [-0.2, 0) is 17.4 Å². The Bertz CT molecular complexity index is 834. The second-order valence-electron chi connectivity index (χ2n) is 6.73. The van der Waals surface area contributed by atoms with Crippen molar-refractivity contribution in [3.8, 4) is 11.4 Å². The van der Waals surface area contributed by atoms with Gasteiger partial charge in [0.25, 0.3) is 0 Å². The van der Waals surface area contributed by atoms with Crippen LogP contribution in [0.5, 0.6) is 0 Å². The molecule has 1 amide bonds. The van der Waals surface area contributed by atoms with Crippen molar-refractivity contribution in [2.45, 2.75) is 38.3 Å². The monoisotopic (exact) mass is 394 g/mol. The Morgan fingerprint density at radius 3 is 2.46 bits per heavy atom. The minimum atomic E-state index is -4.47. The summed E-state index contributed by atoms with van der Waals surface area (Å²) in [5.74, 6) is 0.0362. The predicted molar refractivity (Wildman–Crippen MR) is 96.8 cm³/mol. The van der Waals surface area contributed by atoms with Gasteiger partial charge >= 0.3 is 6.18 Å². The predicted octanol–water partition coefficient (Wildman–Crippen LogP) is 3.59. The summed E-state index contributed by atoms with van der Waals surface area (Å²) in [5.41, 5.74) is 1.31. The third kappa shape index (κ3) is 4.98. The van der Waals surface area contributed by atoms with E-state index in [9.17, 15) is 18.0 Å². The van der Waals surface area contributed by atoms with E-state index in [1.807, 2.05) is 0 Å². The standard InChI is InChI=1S/C19H21F3N4O2/c20-19(21,22)14-7-5-6-13(10-14)18-23-15(12-17(27)25-28)11-16(24-18)26-8-3-1-2-4-9-26/h5-7,10-11,28H,1-4,8-9,12H2,(H,25,27). The normalized spacial score (nSPS) is 15.2. The molecule has 0 atom stereocenters. The zero-order valence-electron chi connectivity index (χ0n) is 15.2. The summed E-state index contributed by atoms with van der Waals surface area (Å²) in [4.78, 5) is 22.4. The number of rotatable bonds is 4. The van der Waals surface area contributed by atoms with Crippen LogP contribution in [0, 0.1) is 0 Å². The Hall–Kier alpha value is -2.68. The third-order valence-corrected chi connectivity index (χ3v) is 4.61.